The number of piperidine rings is 1. The fourth-order valence-electron chi connectivity index (χ4n) is 6.16. The van der Waals surface area contributed by atoms with E-state index in [1.807, 2.05) is 26.8 Å². The van der Waals surface area contributed by atoms with E-state index in [0.29, 0.717) is 32.0 Å². The summed E-state index contributed by atoms with van der Waals surface area (Å²) in [6, 6.07) is 27.6. The highest BCUT2D eigenvalue weighted by Crippen LogP contribution is 2.35. The predicted octanol–water partition coefficient (Wildman–Crippen LogP) is 7.67. The van der Waals surface area contributed by atoms with Gasteiger partial charge in [0.1, 0.15) is 5.60 Å². The van der Waals surface area contributed by atoms with Crippen LogP contribution < -0.4 is 5.32 Å². The molecule has 1 atom stereocenters. The van der Waals surface area contributed by atoms with Crippen LogP contribution >= 0.6 is 0 Å². The average molecular weight is 580 g/mol. The van der Waals surface area contributed by atoms with E-state index in [0.717, 1.165) is 31.4 Å². The van der Waals surface area contributed by atoms with Crippen LogP contribution in [0.5, 0.6) is 0 Å². The van der Waals surface area contributed by atoms with E-state index in [9.17, 15) is 9.59 Å². The molecule has 43 heavy (non-hydrogen) atoms. The number of ether oxygens (including phenoxy) is 1. The fourth-order valence-corrected chi connectivity index (χ4v) is 6.16. The first-order valence-corrected chi connectivity index (χ1v) is 15.6. The molecule has 2 heterocycles. The SMILES string of the molecule is Cc1cccc(C(CC(=O)NCCC2CCN(C(=O)OC(C)(C)C)CC2)c2cn(Cc3ccccc3)c3ccccc23)c1. The van der Waals surface area contributed by atoms with Crippen molar-refractivity contribution in [2.45, 2.75) is 71.4 Å². The normalized spacial score (nSPS) is 14.9. The predicted molar refractivity (Wildman–Crippen MR) is 173 cm³/mol. The van der Waals surface area contributed by atoms with Crippen molar-refractivity contribution in [1.82, 2.24) is 14.8 Å². The second kappa shape index (κ2) is 13.5. The van der Waals surface area contributed by atoms with Crippen molar-refractivity contribution in [3.8, 4) is 0 Å². The number of aryl methyl sites for hydroxylation is 1. The Hall–Kier alpha value is -4.06. The molecular formula is C37H45N3O3. The number of fused-ring (bicyclic) bond motifs is 1. The number of hydrogen-bond acceptors (Lipinski definition) is 3. The van der Waals surface area contributed by atoms with Gasteiger partial charge in [0, 0.05) is 55.6 Å². The van der Waals surface area contributed by atoms with Crippen LogP contribution in [0.1, 0.15) is 74.6 Å². The highest BCUT2D eigenvalue weighted by Gasteiger charge is 2.27. The molecule has 1 aliphatic rings. The van der Waals surface area contributed by atoms with E-state index in [4.69, 9.17) is 4.74 Å². The van der Waals surface area contributed by atoms with Crippen LogP contribution in [-0.2, 0) is 16.1 Å². The lowest BCUT2D eigenvalue weighted by atomic mass is 9.87. The average Bonchev–Trinajstić information content (AvgIpc) is 3.34. The maximum absolute atomic E-state index is 13.4. The lowest BCUT2D eigenvalue weighted by Crippen LogP contribution is -2.42. The number of para-hydroxylation sites is 1. The van der Waals surface area contributed by atoms with E-state index in [2.05, 4.69) is 95.8 Å². The van der Waals surface area contributed by atoms with Gasteiger partial charge in [0.15, 0.2) is 0 Å². The number of amides is 2. The highest BCUT2D eigenvalue weighted by molar-refractivity contribution is 5.87. The van der Waals surface area contributed by atoms with Crippen LogP contribution in [0.3, 0.4) is 0 Å². The molecule has 0 radical (unpaired) electrons. The molecule has 0 spiro atoms. The number of likely N-dealkylation sites (tertiary alicyclic amines) is 1. The molecule has 6 nitrogen and oxygen atoms in total. The topological polar surface area (TPSA) is 63.6 Å². The summed E-state index contributed by atoms with van der Waals surface area (Å²) in [5.74, 6) is 0.499. The number of aromatic nitrogens is 1. The Bertz CT molecular complexity index is 1530. The summed E-state index contributed by atoms with van der Waals surface area (Å²) in [6.07, 6.45) is 5.19. The zero-order chi connectivity index (χ0) is 30.4. The van der Waals surface area contributed by atoms with E-state index in [1.165, 1.54) is 27.6 Å². The van der Waals surface area contributed by atoms with Crippen molar-refractivity contribution in [2.24, 2.45) is 5.92 Å². The van der Waals surface area contributed by atoms with Gasteiger partial charge in [-0.25, -0.2) is 4.79 Å². The molecule has 1 aliphatic heterocycles. The van der Waals surface area contributed by atoms with Gasteiger partial charge in [0.05, 0.1) is 0 Å². The van der Waals surface area contributed by atoms with Crippen molar-refractivity contribution in [3.63, 3.8) is 0 Å². The van der Waals surface area contributed by atoms with Gasteiger partial charge in [-0.15, -0.1) is 0 Å². The molecule has 6 heteroatoms. The number of nitrogens with zero attached hydrogens (tertiary/aromatic N) is 2. The third kappa shape index (κ3) is 8.07. The molecule has 5 rings (SSSR count). The molecule has 1 saturated heterocycles. The molecule has 1 aromatic heterocycles. The van der Waals surface area contributed by atoms with E-state index in [1.54, 1.807) is 4.90 Å². The van der Waals surface area contributed by atoms with Crippen LogP contribution in [0, 0.1) is 12.8 Å². The molecule has 0 saturated carbocycles. The molecule has 1 fully saturated rings. The van der Waals surface area contributed by atoms with Crippen LogP contribution in [-0.4, -0.2) is 46.7 Å². The largest absolute Gasteiger partial charge is 0.444 e. The number of carbonyl (C=O) groups excluding carboxylic acids is 2. The minimum atomic E-state index is -0.481. The van der Waals surface area contributed by atoms with Gasteiger partial charge < -0.3 is 19.5 Å². The molecule has 0 bridgehead atoms. The van der Waals surface area contributed by atoms with E-state index >= 15 is 0 Å². The fraction of sp³-hybridized carbons (Fsp3) is 0.405. The Morgan fingerprint density at radius 2 is 1.67 bits per heavy atom. The molecule has 4 aromatic rings. The third-order valence-electron chi connectivity index (χ3n) is 8.37. The zero-order valence-corrected chi connectivity index (χ0v) is 26.0. The van der Waals surface area contributed by atoms with Gasteiger partial charge in [0.25, 0.3) is 0 Å². The van der Waals surface area contributed by atoms with Gasteiger partial charge in [-0.3, -0.25) is 4.79 Å². The maximum Gasteiger partial charge on any atom is 0.410 e. The molecular weight excluding hydrogens is 534 g/mol. The van der Waals surface area contributed by atoms with Crippen LogP contribution in [0.25, 0.3) is 10.9 Å². The van der Waals surface area contributed by atoms with Crippen molar-refractivity contribution >= 4 is 22.9 Å². The number of carbonyl (C=O) groups is 2. The lowest BCUT2D eigenvalue weighted by Gasteiger charge is -2.33. The van der Waals surface area contributed by atoms with Crippen molar-refractivity contribution < 1.29 is 14.3 Å². The molecule has 3 aromatic carbocycles. The summed E-state index contributed by atoms with van der Waals surface area (Å²) in [6.45, 7) is 10.6. The van der Waals surface area contributed by atoms with Crippen LogP contribution in [0.2, 0.25) is 0 Å². The van der Waals surface area contributed by atoms with Crippen molar-refractivity contribution in [3.05, 3.63) is 107 Å². The van der Waals surface area contributed by atoms with Gasteiger partial charge in [-0.1, -0.05) is 78.4 Å². The Balaban J connectivity index is 1.26. The summed E-state index contributed by atoms with van der Waals surface area (Å²) in [5, 5.41) is 4.41. The third-order valence-corrected chi connectivity index (χ3v) is 8.37. The Labute approximate surface area is 256 Å². The molecule has 2 amide bonds. The van der Waals surface area contributed by atoms with E-state index in [-0.39, 0.29) is 17.9 Å². The molecule has 1 unspecified atom stereocenters. The quantitative estimate of drug-likeness (QED) is 0.221. The van der Waals surface area contributed by atoms with Crippen LogP contribution in [0.15, 0.2) is 85.1 Å². The molecule has 0 aliphatic carbocycles. The minimum Gasteiger partial charge on any atom is -0.444 e. The van der Waals surface area contributed by atoms with Gasteiger partial charge >= 0.3 is 6.09 Å². The number of benzene rings is 3. The van der Waals surface area contributed by atoms with Crippen molar-refractivity contribution in [2.75, 3.05) is 19.6 Å². The summed E-state index contributed by atoms with van der Waals surface area (Å²) < 4.78 is 7.84. The Kier molecular flexibility index (Phi) is 9.54. The second-order valence-electron chi connectivity index (χ2n) is 12.9. The molecule has 226 valence electrons. The van der Waals surface area contributed by atoms with Gasteiger partial charge in [0.2, 0.25) is 5.91 Å². The van der Waals surface area contributed by atoms with E-state index < -0.39 is 5.60 Å². The first kappa shape index (κ1) is 30.4. The Morgan fingerprint density at radius 3 is 2.40 bits per heavy atom. The minimum absolute atomic E-state index is 0.0566. The zero-order valence-electron chi connectivity index (χ0n) is 26.0. The number of nitrogens with one attached hydrogen (secondary N) is 1. The maximum atomic E-state index is 13.4. The summed E-state index contributed by atoms with van der Waals surface area (Å²) in [5.41, 5.74) is 5.47. The monoisotopic (exact) mass is 579 g/mol. The number of hydrogen-bond donors (Lipinski definition) is 1. The first-order valence-electron chi connectivity index (χ1n) is 15.6. The lowest BCUT2D eigenvalue weighted by molar-refractivity contribution is -0.121. The van der Waals surface area contributed by atoms with Gasteiger partial charge in [-0.2, -0.15) is 0 Å². The second-order valence-corrected chi connectivity index (χ2v) is 12.9. The number of rotatable bonds is 9. The summed E-state index contributed by atoms with van der Waals surface area (Å²) >= 11 is 0. The highest BCUT2D eigenvalue weighted by atomic mass is 16.6. The Morgan fingerprint density at radius 1 is 0.953 bits per heavy atom. The van der Waals surface area contributed by atoms with Gasteiger partial charge in [-0.05, 0) is 75.6 Å². The standard InChI is InChI=1S/C37H45N3O3/c1-27-11-10-14-30(23-27)32(33-26-40(25-29-12-6-5-7-13-29)34-16-9-8-15-31(33)34)24-35(41)38-20-17-28-18-21-39(22-19-28)36(42)43-37(2,3)4/h5-16,23,26,28,32H,17-22,24-25H2,1-4H3,(H,38,41). The first-order chi connectivity index (χ1) is 20.7. The summed E-state index contributed by atoms with van der Waals surface area (Å²) in [7, 11) is 0. The van der Waals surface area contributed by atoms with Crippen LogP contribution in [0.4, 0.5) is 4.79 Å². The molecule has 1 N–H and O–H groups in total. The smallest absolute Gasteiger partial charge is 0.410 e. The van der Waals surface area contributed by atoms with Crippen molar-refractivity contribution in [1.29, 1.82) is 0 Å². The summed E-state index contributed by atoms with van der Waals surface area (Å²) in [4.78, 5) is 27.7.